The number of benzene rings is 5. The number of rotatable bonds is 10. The van der Waals surface area contributed by atoms with Gasteiger partial charge in [0.25, 0.3) is 11.1 Å². The molecule has 0 bridgehead atoms. The fraction of sp³-hybridized carbons (Fsp3) is 0.0556. The van der Waals surface area contributed by atoms with Crippen LogP contribution in [0, 0.1) is 0 Å². The van der Waals surface area contributed by atoms with Crippen molar-refractivity contribution >= 4 is 21.8 Å². The summed E-state index contributed by atoms with van der Waals surface area (Å²) >= 11 is 0. The Morgan fingerprint density at radius 2 is 0.891 bits per heavy atom. The molecule has 0 aliphatic heterocycles. The highest BCUT2D eigenvalue weighted by molar-refractivity contribution is 6.00. The first-order valence-electron chi connectivity index (χ1n) is 20.9. The second-order valence-corrected chi connectivity index (χ2v) is 15.6. The van der Waals surface area contributed by atoms with E-state index in [1.165, 1.54) is 0 Å². The molecule has 64 heavy (non-hydrogen) atoms. The highest BCUT2D eigenvalue weighted by atomic mass is 16.5. The molecule has 5 heterocycles. The van der Waals surface area contributed by atoms with Crippen LogP contribution in [0.2, 0.25) is 0 Å². The number of aromatic amines is 2. The van der Waals surface area contributed by atoms with Crippen molar-refractivity contribution in [2.24, 2.45) is 11.5 Å². The van der Waals surface area contributed by atoms with Gasteiger partial charge in [0, 0.05) is 69.6 Å². The molecule has 0 saturated heterocycles. The molecule has 0 aliphatic rings. The van der Waals surface area contributed by atoms with E-state index in [0.717, 1.165) is 61.3 Å². The van der Waals surface area contributed by atoms with Gasteiger partial charge in [0.15, 0.2) is 0 Å². The lowest BCUT2D eigenvalue weighted by molar-refractivity contribution is 0.399. The minimum Gasteiger partial charge on any atom is -0.481 e. The molecule has 5 aromatic heterocycles. The first-order valence-corrected chi connectivity index (χ1v) is 20.9. The SMILES string of the molecule is COc1ncccc1-c1c[nH]c(=O)c2cc(-c3ccccc3)c(-c3ccc(C(N)C(N)c4ccc(-c5nc6c(-c7ccccc7)c[nH]c(=O)c6cc5-c5ccccc5)cc4)cc3)nc12. The van der Waals surface area contributed by atoms with Crippen molar-refractivity contribution in [1.29, 1.82) is 0 Å². The lowest BCUT2D eigenvalue weighted by Crippen LogP contribution is -2.26. The van der Waals surface area contributed by atoms with Crippen molar-refractivity contribution in [2.75, 3.05) is 7.11 Å². The first kappa shape index (κ1) is 39.8. The van der Waals surface area contributed by atoms with Gasteiger partial charge in [0.05, 0.1) is 40.3 Å². The summed E-state index contributed by atoms with van der Waals surface area (Å²) in [5.74, 6) is 0.424. The molecular weight excluding hydrogens is 795 g/mol. The molecule has 6 N–H and O–H groups in total. The Bertz CT molecular complexity index is 3430. The number of hydrogen-bond acceptors (Lipinski definition) is 8. The van der Waals surface area contributed by atoms with Gasteiger partial charge in [-0.05, 0) is 52.1 Å². The predicted octanol–water partition coefficient (Wildman–Crippen LogP) is 10.3. The Hall–Kier alpha value is -8.31. The van der Waals surface area contributed by atoms with E-state index in [1.54, 1.807) is 25.7 Å². The van der Waals surface area contributed by atoms with Crippen molar-refractivity contribution in [3.05, 3.63) is 214 Å². The second kappa shape index (κ2) is 16.9. The summed E-state index contributed by atoms with van der Waals surface area (Å²) in [6.07, 6.45) is 5.05. The van der Waals surface area contributed by atoms with Gasteiger partial charge in [-0.2, -0.15) is 0 Å². The van der Waals surface area contributed by atoms with E-state index in [1.807, 2.05) is 164 Å². The number of nitrogens with zero attached hydrogens (tertiary/aromatic N) is 3. The summed E-state index contributed by atoms with van der Waals surface area (Å²) in [6, 6.07) is 52.2. The van der Waals surface area contributed by atoms with Gasteiger partial charge in [-0.1, -0.05) is 140 Å². The van der Waals surface area contributed by atoms with Crippen molar-refractivity contribution in [2.45, 2.75) is 12.1 Å². The summed E-state index contributed by atoms with van der Waals surface area (Å²) < 4.78 is 5.59. The van der Waals surface area contributed by atoms with Crippen LogP contribution in [0.15, 0.2) is 192 Å². The molecule has 0 spiro atoms. The number of ether oxygens (including phenoxy) is 1. The number of nitrogens with one attached hydrogen (secondary N) is 2. The maximum atomic E-state index is 13.3. The maximum absolute atomic E-state index is 13.3. The van der Waals surface area contributed by atoms with Gasteiger partial charge in [-0.25, -0.2) is 15.0 Å². The van der Waals surface area contributed by atoms with E-state index in [-0.39, 0.29) is 11.1 Å². The summed E-state index contributed by atoms with van der Waals surface area (Å²) in [5.41, 5.74) is 26.1. The summed E-state index contributed by atoms with van der Waals surface area (Å²) in [7, 11) is 1.57. The summed E-state index contributed by atoms with van der Waals surface area (Å²) in [6.45, 7) is 0. The monoisotopic (exact) mass is 835 g/mol. The van der Waals surface area contributed by atoms with Crippen molar-refractivity contribution in [3.8, 4) is 72.9 Å². The van der Waals surface area contributed by atoms with Crippen LogP contribution in [0.25, 0.3) is 88.8 Å². The second-order valence-electron chi connectivity index (χ2n) is 15.6. The number of hydrogen-bond donors (Lipinski definition) is 4. The molecule has 0 fully saturated rings. The number of fused-ring (bicyclic) bond motifs is 2. The number of nitrogens with two attached hydrogens (primary N) is 2. The average Bonchev–Trinajstić information content (AvgIpc) is 3.36. The smallest absolute Gasteiger partial charge is 0.257 e. The van der Waals surface area contributed by atoms with E-state index >= 15 is 0 Å². The molecule has 310 valence electrons. The molecule has 0 radical (unpaired) electrons. The Morgan fingerprint density at radius 1 is 0.469 bits per heavy atom. The van der Waals surface area contributed by atoms with Gasteiger partial charge >= 0.3 is 0 Å². The number of pyridine rings is 5. The minimum absolute atomic E-state index is 0.202. The van der Waals surface area contributed by atoms with Crippen LogP contribution in [0.1, 0.15) is 23.2 Å². The van der Waals surface area contributed by atoms with Gasteiger partial charge in [0.2, 0.25) is 5.88 Å². The normalized spacial score (nSPS) is 12.3. The quantitative estimate of drug-likeness (QED) is 0.106. The zero-order valence-corrected chi connectivity index (χ0v) is 34.7. The molecule has 0 aliphatic carbocycles. The van der Waals surface area contributed by atoms with Gasteiger partial charge in [-0.3, -0.25) is 9.59 Å². The van der Waals surface area contributed by atoms with Crippen molar-refractivity contribution in [3.63, 3.8) is 0 Å². The Balaban J connectivity index is 0.998. The number of H-pyrrole nitrogens is 2. The minimum atomic E-state index is -0.542. The fourth-order valence-electron chi connectivity index (χ4n) is 8.41. The lowest BCUT2D eigenvalue weighted by atomic mass is 9.91. The third kappa shape index (κ3) is 7.32. The molecule has 10 rings (SSSR count). The van der Waals surface area contributed by atoms with E-state index in [0.29, 0.717) is 44.5 Å². The molecule has 2 atom stereocenters. The zero-order chi connectivity index (χ0) is 43.7. The Kier molecular flexibility index (Phi) is 10.5. The molecule has 10 nitrogen and oxygen atoms in total. The highest BCUT2D eigenvalue weighted by Crippen LogP contribution is 2.39. The van der Waals surface area contributed by atoms with E-state index in [2.05, 4.69) is 15.0 Å². The fourth-order valence-corrected chi connectivity index (χ4v) is 8.41. The van der Waals surface area contributed by atoms with Crippen LogP contribution in [-0.2, 0) is 0 Å². The van der Waals surface area contributed by atoms with Crippen LogP contribution in [0.3, 0.4) is 0 Å². The standard InChI is InChI=1S/C54H41N7O3/c1-64-54-39(18-11-27-57-54)45-31-59-53(63)43-29-41(33-14-7-3-8-15-33)49(61-51(43)45)38-25-21-36(22-26-38)47(56)46(55)35-19-23-37(24-20-35)48-40(32-12-5-2-6-13-32)28-42-50(60-48)44(30-58-52(42)62)34-16-9-4-10-17-34/h2-31,46-47H,55-56H2,1H3,(H,58,62)(H,59,63). The van der Waals surface area contributed by atoms with Crippen LogP contribution in [0.4, 0.5) is 0 Å². The van der Waals surface area contributed by atoms with Crippen LogP contribution in [0.5, 0.6) is 5.88 Å². The molecule has 0 amide bonds. The van der Waals surface area contributed by atoms with Crippen LogP contribution in [-0.4, -0.2) is 32.0 Å². The number of aromatic nitrogens is 5. The number of methoxy groups -OCH3 is 1. The first-order chi connectivity index (χ1) is 31.4. The molecule has 10 heteroatoms. The topological polar surface area (TPSA) is 166 Å². The van der Waals surface area contributed by atoms with Crippen LogP contribution >= 0.6 is 0 Å². The van der Waals surface area contributed by atoms with Crippen molar-refractivity contribution < 1.29 is 4.74 Å². The molecular formula is C54H41N7O3. The highest BCUT2D eigenvalue weighted by Gasteiger charge is 2.22. The zero-order valence-electron chi connectivity index (χ0n) is 34.7. The van der Waals surface area contributed by atoms with Gasteiger partial charge in [0.1, 0.15) is 0 Å². The third-order valence-corrected chi connectivity index (χ3v) is 11.8. The van der Waals surface area contributed by atoms with Crippen LogP contribution < -0.4 is 27.3 Å². The third-order valence-electron chi connectivity index (χ3n) is 11.8. The van der Waals surface area contributed by atoms with Gasteiger partial charge < -0.3 is 26.2 Å². The molecule has 0 saturated carbocycles. The van der Waals surface area contributed by atoms with E-state index in [4.69, 9.17) is 26.2 Å². The molecule has 10 aromatic rings. The summed E-state index contributed by atoms with van der Waals surface area (Å²) in [4.78, 5) is 47.2. The maximum Gasteiger partial charge on any atom is 0.257 e. The molecule has 2 unspecified atom stereocenters. The van der Waals surface area contributed by atoms with Crippen molar-refractivity contribution in [1.82, 2.24) is 24.9 Å². The predicted molar refractivity (Wildman–Crippen MR) is 256 cm³/mol. The molecule has 5 aromatic carbocycles. The Morgan fingerprint density at radius 3 is 1.34 bits per heavy atom. The largest absolute Gasteiger partial charge is 0.481 e. The average molecular weight is 836 g/mol. The Labute approximate surface area is 368 Å². The summed E-state index contributed by atoms with van der Waals surface area (Å²) in [5, 5.41) is 0.958. The lowest BCUT2D eigenvalue weighted by Gasteiger charge is -2.22. The van der Waals surface area contributed by atoms with E-state index in [9.17, 15) is 9.59 Å². The van der Waals surface area contributed by atoms with Gasteiger partial charge in [-0.15, -0.1) is 0 Å². The van der Waals surface area contributed by atoms with E-state index < -0.39 is 12.1 Å².